The van der Waals surface area contributed by atoms with E-state index in [1.165, 1.54) is 6.07 Å². The smallest absolute Gasteiger partial charge is 0.354 e. The third kappa shape index (κ3) is 3.82. The Labute approximate surface area is 155 Å². The number of aromatic carboxylic acids is 1. The minimum absolute atomic E-state index is 0.0635. The van der Waals surface area contributed by atoms with Gasteiger partial charge in [-0.2, -0.15) is 0 Å². The maximum absolute atomic E-state index is 11.2. The van der Waals surface area contributed by atoms with Crippen molar-refractivity contribution in [3.05, 3.63) is 70.5 Å². The molecule has 1 aliphatic rings. The van der Waals surface area contributed by atoms with Crippen LogP contribution in [0.1, 0.15) is 41.0 Å². The van der Waals surface area contributed by atoms with Crippen molar-refractivity contribution in [2.75, 3.05) is 6.61 Å². The van der Waals surface area contributed by atoms with Crippen LogP contribution in [0, 0.1) is 0 Å². The molecule has 25 heavy (non-hydrogen) atoms. The first-order valence-corrected chi connectivity index (χ1v) is 8.86. The van der Waals surface area contributed by atoms with Gasteiger partial charge < -0.3 is 9.84 Å². The predicted molar refractivity (Wildman–Crippen MR) is 102 cm³/mol. The minimum atomic E-state index is -1.01. The number of carbonyl (C=O) groups is 1. The lowest BCUT2D eigenvalue weighted by Crippen LogP contribution is -2.02. The van der Waals surface area contributed by atoms with Gasteiger partial charge in [0.05, 0.1) is 5.69 Å². The van der Waals surface area contributed by atoms with E-state index in [4.69, 9.17) is 4.74 Å². The van der Waals surface area contributed by atoms with E-state index in [1.807, 2.05) is 24.3 Å². The number of hydrogen-bond acceptors (Lipinski definition) is 3. The normalized spacial score (nSPS) is 13.8. The van der Waals surface area contributed by atoms with Gasteiger partial charge in [-0.1, -0.05) is 34.7 Å². The number of benzene rings is 1. The fourth-order valence-corrected chi connectivity index (χ4v) is 3.42. The largest absolute Gasteiger partial charge is 0.489 e. The highest BCUT2D eigenvalue weighted by atomic mass is 79.9. The van der Waals surface area contributed by atoms with Gasteiger partial charge in [0.25, 0.3) is 0 Å². The van der Waals surface area contributed by atoms with Gasteiger partial charge in [-0.15, -0.1) is 0 Å². The lowest BCUT2D eigenvalue weighted by Gasteiger charge is -2.14. The van der Waals surface area contributed by atoms with Crippen molar-refractivity contribution in [1.29, 1.82) is 0 Å². The van der Waals surface area contributed by atoms with E-state index >= 15 is 0 Å². The molecule has 0 saturated carbocycles. The number of halogens is 1. The Hall–Kier alpha value is -2.40. The summed E-state index contributed by atoms with van der Waals surface area (Å²) < 4.78 is 6.78. The molecule has 2 aromatic rings. The Morgan fingerprint density at radius 1 is 1.28 bits per heavy atom. The highest BCUT2D eigenvalue weighted by Gasteiger charge is 2.22. The van der Waals surface area contributed by atoms with Crippen molar-refractivity contribution >= 4 is 33.0 Å². The number of aromatic nitrogens is 1. The fourth-order valence-electron chi connectivity index (χ4n) is 3.06. The summed E-state index contributed by atoms with van der Waals surface area (Å²) in [6.45, 7) is 4.13. The predicted octanol–water partition coefficient (Wildman–Crippen LogP) is 5.20. The fraction of sp³-hybridized carbons (Fsp3) is 0.200. The molecule has 5 heteroatoms. The molecule has 1 N–H and O–H groups in total. The van der Waals surface area contributed by atoms with Crippen molar-refractivity contribution in [1.82, 2.24) is 4.98 Å². The zero-order valence-electron chi connectivity index (χ0n) is 13.7. The van der Waals surface area contributed by atoms with Gasteiger partial charge >= 0.3 is 5.97 Å². The monoisotopic (exact) mass is 399 g/mol. The molecule has 0 saturated heterocycles. The second kappa shape index (κ2) is 7.66. The van der Waals surface area contributed by atoms with Crippen LogP contribution in [0.15, 0.2) is 53.5 Å². The molecule has 1 heterocycles. The maximum atomic E-state index is 11.2. The highest BCUT2D eigenvalue weighted by Crippen LogP contribution is 2.43. The van der Waals surface area contributed by atoms with E-state index in [0.717, 1.165) is 51.9 Å². The van der Waals surface area contributed by atoms with Crippen LogP contribution in [-0.4, -0.2) is 22.7 Å². The van der Waals surface area contributed by atoms with Crippen molar-refractivity contribution in [3.8, 4) is 5.75 Å². The first-order chi connectivity index (χ1) is 12.1. The van der Waals surface area contributed by atoms with Crippen LogP contribution >= 0.6 is 15.9 Å². The molecule has 3 rings (SSSR count). The van der Waals surface area contributed by atoms with Gasteiger partial charge in [0.2, 0.25) is 0 Å². The number of rotatable bonds is 6. The Balaban J connectivity index is 2.10. The lowest BCUT2D eigenvalue weighted by molar-refractivity contribution is 0.0690. The number of pyridine rings is 1. The van der Waals surface area contributed by atoms with Crippen molar-refractivity contribution in [2.24, 2.45) is 0 Å². The molecule has 1 aromatic heterocycles. The van der Waals surface area contributed by atoms with Crippen molar-refractivity contribution < 1.29 is 14.6 Å². The van der Waals surface area contributed by atoms with Crippen LogP contribution in [0.25, 0.3) is 11.1 Å². The van der Waals surface area contributed by atoms with Gasteiger partial charge in [-0.3, -0.25) is 0 Å². The van der Waals surface area contributed by atoms with Crippen LogP contribution in [0.4, 0.5) is 0 Å². The number of allylic oxidation sites excluding steroid dienone is 2. The molecule has 1 aromatic carbocycles. The van der Waals surface area contributed by atoms with Crippen molar-refractivity contribution in [2.45, 2.75) is 19.3 Å². The molecule has 0 unspecified atom stereocenters. The zero-order chi connectivity index (χ0) is 17.8. The standard InChI is InChI=1S/C20H18BrNO3/c1-2-11-25-19-10-9-13(21)12-16(19)14-5-3-6-15(14)17-7-4-8-18(22-17)20(23)24/h2,4,7-10,12H,1,3,5-6,11H2,(H,23,24). The summed E-state index contributed by atoms with van der Waals surface area (Å²) in [4.78, 5) is 15.5. The quantitative estimate of drug-likeness (QED) is 0.677. The Morgan fingerprint density at radius 2 is 2.08 bits per heavy atom. The summed E-state index contributed by atoms with van der Waals surface area (Å²) in [5, 5.41) is 9.20. The highest BCUT2D eigenvalue weighted by molar-refractivity contribution is 9.10. The van der Waals surface area contributed by atoms with E-state index in [0.29, 0.717) is 6.61 Å². The van der Waals surface area contributed by atoms with Crippen LogP contribution in [0.5, 0.6) is 5.75 Å². The van der Waals surface area contributed by atoms with Crippen LogP contribution in [0.2, 0.25) is 0 Å². The summed E-state index contributed by atoms with van der Waals surface area (Å²) in [5.41, 5.74) is 4.06. The third-order valence-corrected chi connectivity index (χ3v) is 4.61. The molecule has 4 nitrogen and oxygen atoms in total. The van der Waals surface area contributed by atoms with Gasteiger partial charge in [0, 0.05) is 10.0 Å². The molecule has 0 aliphatic heterocycles. The van der Waals surface area contributed by atoms with Crippen molar-refractivity contribution in [3.63, 3.8) is 0 Å². The molecular formula is C20H18BrNO3. The molecule has 0 spiro atoms. The number of carboxylic acids is 1. The molecule has 1 aliphatic carbocycles. The van der Waals surface area contributed by atoms with Gasteiger partial charge in [0.15, 0.2) is 0 Å². The third-order valence-electron chi connectivity index (χ3n) is 4.12. The van der Waals surface area contributed by atoms with E-state index in [2.05, 4.69) is 27.5 Å². The molecule has 0 fully saturated rings. The summed E-state index contributed by atoms with van der Waals surface area (Å²) in [7, 11) is 0. The topological polar surface area (TPSA) is 59.4 Å². The Morgan fingerprint density at radius 3 is 2.84 bits per heavy atom. The van der Waals surface area contributed by atoms with Crippen LogP contribution < -0.4 is 4.74 Å². The second-order valence-corrected chi connectivity index (χ2v) is 6.68. The number of nitrogens with zero attached hydrogens (tertiary/aromatic N) is 1. The Kier molecular flexibility index (Phi) is 5.34. The van der Waals surface area contributed by atoms with Gasteiger partial charge in [-0.25, -0.2) is 9.78 Å². The van der Waals surface area contributed by atoms with E-state index in [1.54, 1.807) is 12.1 Å². The first kappa shape index (κ1) is 17.4. The molecule has 128 valence electrons. The molecule has 0 bridgehead atoms. The SMILES string of the molecule is C=CCOc1ccc(Br)cc1C1=C(c2cccc(C(=O)O)n2)CCC1. The summed E-state index contributed by atoms with van der Waals surface area (Å²) >= 11 is 3.53. The first-order valence-electron chi connectivity index (χ1n) is 8.06. The van der Waals surface area contributed by atoms with Gasteiger partial charge in [0.1, 0.15) is 18.1 Å². The lowest BCUT2D eigenvalue weighted by atomic mass is 9.99. The maximum Gasteiger partial charge on any atom is 0.354 e. The summed E-state index contributed by atoms with van der Waals surface area (Å²) in [6.07, 6.45) is 4.51. The Bertz CT molecular complexity index is 858. The van der Waals surface area contributed by atoms with E-state index in [9.17, 15) is 9.90 Å². The average molecular weight is 400 g/mol. The zero-order valence-corrected chi connectivity index (χ0v) is 15.3. The number of ether oxygens (including phenoxy) is 1. The number of carboxylic acid groups (broad SMARTS) is 1. The molecular weight excluding hydrogens is 382 g/mol. The minimum Gasteiger partial charge on any atom is -0.489 e. The second-order valence-electron chi connectivity index (χ2n) is 5.76. The van der Waals surface area contributed by atoms with E-state index in [-0.39, 0.29) is 5.69 Å². The molecule has 0 radical (unpaired) electrons. The summed E-state index contributed by atoms with van der Waals surface area (Å²) in [5.74, 6) is -0.216. The molecule has 0 amide bonds. The van der Waals surface area contributed by atoms with Crippen LogP contribution in [-0.2, 0) is 0 Å². The van der Waals surface area contributed by atoms with Gasteiger partial charge in [-0.05, 0) is 60.7 Å². The molecule has 0 atom stereocenters. The van der Waals surface area contributed by atoms with E-state index < -0.39 is 5.97 Å². The number of hydrogen-bond donors (Lipinski definition) is 1. The van der Waals surface area contributed by atoms with Crippen LogP contribution in [0.3, 0.4) is 0 Å². The average Bonchev–Trinajstić information content (AvgIpc) is 3.10. The summed E-state index contributed by atoms with van der Waals surface area (Å²) in [6, 6.07) is 11.0.